The molecular formula is C18H20BrN3. The van der Waals surface area contributed by atoms with E-state index in [1.165, 1.54) is 11.1 Å². The molecule has 1 aromatic heterocycles. The Hall–Kier alpha value is -1.81. The van der Waals surface area contributed by atoms with Crippen LogP contribution in [0, 0.1) is 0 Å². The largest absolute Gasteiger partial charge is 0.352 e. The van der Waals surface area contributed by atoms with E-state index in [-0.39, 0.29) is 5.41 Å². The third-order valence-electron chi connectivity index (χ3n) is 3.72. The summed E-state index contributed by atoms with van der Waals surface area (Å²) < 4.78 is 1.05. The molecule has 0 bridgehead atoms. The van der Waals surface area contributed by atoms with Crippen LogP contribution >= 0.6 is 15.9 Å². The van der Waals surface area contributed by atoms with Crippen LogP contribution in [0.15, 0.2) is 46.9 Å². The maximum atomic E-state index is 4.54. The minimum atomic E-state index is 0.193. The number of nitrogens with one attached hydrogen (secondary N) is 2. The van der Waals surface area contributed by atoms with Gasteiger partial charge in [0.05, 0.1) is 11.0 Å². The van der Waals surface area contributed by atoms with Gasteiger partial charge in [-0.25, -0.2) is 4.98 Å². The van der Waals surface area contributed by atoms with Crippen LogP contribution < -0.4 is 5.32 Å². The molecular weight excluding hydrogens is 338 g/mol. The number of nitrogens with zero attached hydrogens (tertiary/aromatic N) is 1. The highest BCUT2D eigenvalue weighted by Gasteiger charge is 2.12. The Kier molecular flexibility index (Phi) is 3.96. The van der Waals surface area contributed by atoms with E-state index in [4.69, 9.17) is 0 Å². The molecule has 3 aromatic rings. The van der Waals surface area contributed by atoms with E-state index in [1.807, 2.05) is 18.2 Å². The Balaban J connectivity index is 1.71. The highest BCUT2D eigenvalue weighted by Crippen LogP contribution is 2.23. The van der Waals surface area contributed by atoms with Gasteiger partial charge in [0.15, 0.2) is 0 Å². The molecule has 0 aliphatic rings. The van der Waals surface area contributed by atoms with E-state index < -0.39 is 0 Å². The molecule has 2 N–H and O–H groups in total. The van der Waals surface area contributed by atoms with Gasteiger partial charge in [0.2, 0.25) is 5.95 Å². The standard InChI is InChI=1S/C18H20BrN3/c1-18(2,3)13-6-4-12(5-7-13)11-20-17-21-15-9-8-14(19)10-16(15)22-17/h4-10H,11H2,1-3H3,(H2,20,21,22). The highest BCUT2D eigenvalue weighted by atomic mass is 79.9. The first-order valence-electron chi connectivity index (χ1n) is 7.40. The predicted octanol–water partition coefficient (Wildman–Crippen LogP) is 5.24. The fourth-order valence-corrected chi connectivity index (χ4v) is 2.74. The van der Waals surface area contributed by atoms with E-state index in [0.717, 1.165) is 28.0 Å². The Morgan fingerprint density at radius 2 is 1.82 bits per heavy atom. The molecule has 0 fully saturated rings. The molecule has 0 aliphatic carbocycles. The van der Waals surface area contributed by atoms with Gasteiger partial charge in [0.25, 0.3) is 0 Å². The van der Waals surface area contributed by atoms with Crippen LogP contribution in [-0.4, -0.2) is 9.97 Å². The van der Waals surface area contributed by atoms with Crippen LogP contribution in [0.4, 0.5) is 5.95 Å². The summed E-state index contributed by atoms with van der Waals surface area (Å²) in [6, 6.07) is 14.8. The van der Waals surface area contributed by atoms with Crippen molar-refractivity contribution in [3.8, 4) is 0 Å². The fourth-order valence-electron chi connectivity index (χ4n) is 2.37. The number of aromatic amines is 1. The number of halogens is 1. The van der Waals surface area contributed by atoms with Crippen molar-refractivity contribution in [2.24, 2.45) is 0 Å². The quantitative estimate of drug-likeness (QED) is 0.673. The summed E-state index contributed by atoms with van der Waals surface area (Å²) in [5.41, 5.74) is 4.78. The number of anilines is 1. The van der Waals surface area contributed by atoms with E-state index in [9.17, 15) is 0 Å². The monoisotopic (exact) mass is 357 g/mol. The normalized spacial score (nSPS) is 11.8. The molecule has 0 saturated heterocycles. The van der Waals surface area contributed by atoms with Crippen molar-refractivity contribution in [2.45, 2.75) is 32.7 Å². The number of rotatable bonds is 3. The SMILES string of the molecule is CC(C)(C)c1ccc(CNc2nc3ccc(Br)cc3[nH]2)cc1. The van der Waals surface area contributed by atoms with Crippen molar-refractivity contribution in [3.63, 3.8) is 0 Å². The molecule has 4 heteroatoms. The summed E-state index contributed by atoms with van der Waals surface area (Å²) in [6.07, 6.45) is 0. The van der Waals surface area contributed by atoms with Gasteiger partial charge < -0.3 is 10.3 Å². The van der Waals surface area contributed by atoms with Crippen LogP contribution in [-0.2, 0) is 12.0 Å². The Morgan fingerprint density at radius 3 is 2.50 bits per heavy atom. The maximum Gasteiger partial charge on any atom is 0.201 e. The summed E-state index contributed by atoms with van der Waals surface area (Å²) in [7, 11) is 0. The van der Waals surface area contributed by atoms with E-state index in [2.05, 4.69) is 76.3 Å². The van der Waals surface area contributed by atoms with Gasteiger partial charge in [0, 0.05) is 11.0 Å². The van der Waals surface area contributed by atoms with Gasteiger partial charge in [-0.2, -0.15) is 0 Å². The lowest BCUT2D eigenvalue weighted by atomic mass is 9.87. The molecule has 0 amide bonds. The summed E-state index contributed by atoms with van der Waals surface area (Å²) in [5.74, 6) is 0.799. The summed E-state index contributed by atoms with van der Waals surface area (Å²) in [5, 5.41) is 3.35. The molecule has 0 unspecified atom stereocenters. The van der Waals surface area contributed by atoms with Crippen molar-refractivity contribution in [2.75, 3.05) is 5.32 Å². The third-order valence-corrected chi connectivity index (χ3v) is 4.22. The smallest absolute Gasteiger partial charge is 0.201 e. The maximum absolute atomic E-state index is 4.54. The summed E-state index contributed by atoms with van der Waals surface area (Å²) >= 11 is 3.47. The van der Waals surface area contributed by atoms with Crippen molar-refractivity contribution in [1.82, 2.24) is 9.97 Å². The Bertz CT molecular complexity index is 782. The predicted molar refractivity (Wildman–Crippen MR) is 96.3 cm³/mol. The lowest BCUT2D eigenvalue weighted by Gasteiger charge is -2.19. The van der Waals surface area contributed by atoms with Crippen LogP contribution in [0.1, 0.15) is 31.9 Å². The zero-order valence-corrected chi connectivity index (χ0v) is 14.7. The number of hydrogen-bond donors (Lipinski definition) is 2. The fraction of sp³-hybridized carbons (Fsp3) is 0.278. The number of H-pyrrole nitrogens is 1. The first-order valence-corrected chi connectivity index (χ1v) is 8.20. The highest BCUT2D eigenvalue weighted by molar-refractivity contribution is 9.10. The van der Waals surface area contributed by atoms with Gasteiger partial charge >= 0.3 is 0 Å². The molecule has 3 rings (SSSR count). The molecule has 1 heterocycles. The average Bonchev–Trinajstić information content (AvgIpc) is 2.86. The lowest BCUT2D eigenvalue weighted by Crippen LogP contribution is -2.11. The van der Waals surface area contributed by atoms with Crippen molar-refractivity contribution < 1.29 is 0 Å². The molecule has 0 spiro atoms. The van der Waals surface area contributed by atoms with Gasteiger partial charge in [0.1, 0.15) is 0 Å². The molecule has 2 aromatic carbocycles. The molecule has 22 heavy (non-hydrogen) atoms. The second kappa shape index (κ2) is 5.76. The van der Waals surface area contributed by atoms with E-state index in [0.29, 0.717) is 0 Å². The van der Waals surface area contributed by atoms with Gasteiger partial charge in [-0.05, 0) is 34.7 Å². The molecule has 0 aliphatic heterocycles. The summed E-state index contributed by atoms with van der Waals surface area (Å²) in [4.78, 5) is 7.83. The Labute approximate surface area is 139 Å². The molecule has 0 atom stereocenters. The number of fused-ring (bicyclic) bond motifs is 1. The van der Waals surface area contributed by atoms with Gasteiger partial charge in [-0.3, -0.25) is 0 Å². The van der Waals surface area contributed by atoms with Gasteiger partial charge in [-0.1, -0.05) is 61.0 Å². The third kappa shape index (κ3) is 3.33. The lowest BCUT2D eigenvalue weighted by molar-refractivity contribution is 0.590. The minimum Gasteiger partial charge on any atom is -0.352 e. The summed E-state index contributed by atoms with van der Waals surface area (Å²) in [6.45, 7) is 7.44. The first kappa shape index (κ1) is 15.1. The molecule has 114 valence electrons. The molecule has 0 saturated carbocycles. The van der Waals surface area contributed by atoms with Crippen molar-refractivity contribution >= 4 is 32.9 Å². The average molecular weight is 358 g/mol. The molecule has 3 nitrogen and oxygen atoms in total. The number of aromatic nitrogens is 2. The minimum absolute atomic E-state index is 0.193. The zero-order valence-electron chi connectivity index (χ0n) is 13.1. The number of hydrogen-bond acceptors (Lipinski definition) is 2. The second-order valence-corrected chi connectivity index (χ2v) is 7.46. The zero-order chi connectivity index (χ0) is 15.7. The number of imidazole rings is 1. The molecule has 0 radical (unpaired) electrons. The first-order chi connectivity index (χ1) is 10.4. The van der Waals surface area contributed by atoms with E-state index >= 15 is 0 Å². The van der Waals surface area contributed by atoms with Crippen LogP contribution in [0.3, 0.4) is 0 Å². The van der Waals surface area contributed by atoms with Gasteiger partial charge in [-0.15, -0.1) is 0 Å². The topological polar surface area (TPSA) is 40.7 Å². The van der Waals surface area contributed by atoms with Crippen molar-refractivity contribution in [1.29, 1.82) is 0 Å². The number of benzene rings is 2. The van der Waals surface area contributed by atoms with E-state index in [1.54, 1.807) is 0 Å². The Morgan fingerprint density at radius 1 is 1.09 bits per heavy atom. The van der Waals surface area contributed by atoms with Crippen molar-refractivity contribution in [3.05, 3.63) is 58.1 Å². The van der Waals surface area contributed by atoms with Crippen LogP contribution in [0.5, 0.6) is 0 Å². The van der Waals surface area contributed by atoms with Crippen LogP contribution in [0.2, 0.25) is 0 Å². The van der Waals surface area contributed by atoms with Crippen LogP contribution in [0.25, 0.3) is 11.0 Å². The second-order valence-electron chi connectivity index (χ2n) is 6.55.